The molecular weight excluding hydrogens is 322 g/mol. The van der Waals surface area contributed by atoms with Crippen molar-refractivity contribution in [3.05, 3.63) is 23.8 Å². The molecule has 1 saturated carbocycles. The van der Waals surface area contributed by atoms with Crippen molar-refractivity contribution in [1.29, 1.82) is 0 Å². The molecule has 0 N–H and O–H groups in total. The molecular formula is C19H27NO5. The van der Waals surface area contributed by atoms with Crippen molar-refractivity contribution in [2.75, 3.05) is 25.7 Å². The van der Waals surface area contributed by atoms with E-state index in [1.807, 2.05) is 26.8 Å². The number of methoxy groups -OCH3 is 1. The van der Waals surface area contributed by atoms with Gasteiger partial charge in [0, 0.05) is 7.05 Å². The molecule has 1 aliphatic carbocycles. The highest BCUT2D eigenvalue weighted by atomic mass is 16.6. The van der Waals surface area contributed by atoms with Crippen LogP contribution >= 0.6 is 0 Å². The molecule has 1 aliphatic rings. The van der Waals surface area contributed by atoms with Gasteiger partial charge in [0.25, 0.3) is 0 Å². The second-order valence-electron chi connectivity index (χ2n) is 7.35. The van der Waals surface area contributed by atoms with Crippen molar-refractivity contribution in [1.82, 2.24) is 0 Å². The molecule has 0 radical (unpaired) electrons. The summed E-state index contributed by atoms with van der Waals surface area (Å²) < 4.78 is 16.0. The Labute approximate surface area is 149 Å². The Kier molecular flexibility index (Phi) is 5.93. The molecule has 2 rings (SSSR count). The topological polar surface area (TPSA) is 65.1 Å². The van der Waals surface area contributed by atoms with E-state index in [2.05, 4.69) is 0 Å². The molecule has 0 spiro atoms. The lowest BCUT2D eigenvalue weighted by Crippen LogP contribution is -2.34. The summed E-state index contributed by atoms with van der Waals surface area (Å²) in [7, 11) is 2.98. The summed E-state index contributed by atoms with van der Waals surface area (Å²) in [6, 6.07) is 5.37. The largest absolute Gasteiger partial charge is 0.491 e. The lowest BCUT2D eigenvalue weighted by atomic mass is 10.1. The molecule has 25 heavy (non-hydrogen) atoms. The number of ether oxygens (including phenoxy) is 3. The summed E-state index contributed by atoms with van der Waals surface area (Å²) in [5.74, 6) is 0.862. The van der Waals surface area contributed by atoms with E-state index in [1.54, 1.807) is 19.2 Å². The van der Waals surface area contributed by atoms with Gasteiger partial charge in [-0.15, -0.1) is 0 Å². The van der Waals surface area contributed by atoms with Gasteiger partial charge in [0.05, 0.1) is 25.8 Å². The monoisotopic (exact) mass is 349 g/mol. The molecule has 0 atom stereocenters. The van der Waals surface area contributed by atoms with Crippen LogP contribution in [0.3, 0.4) is 0 Å². The second kappa shape index (κ2) is 7.76. The van der Waals surface area contributed by atoms with Crippen LogP contribution in [0, 0.1) is 5.92 Å². The van der Waals surface area contributed by atoms with E-state index in [4.69, 9.17) is 14.2 Å². The summed E-state index contributed by atoms with van der Waals surface area (Å²) >= 11 is 0. The van der Waals surface area contributed by atoms with Gasteiger partial charge in [0.2, 0.25) is 0 Å². The third-order valence-electron chi connectivity index (χ3n) is 3.80. The zero-order valence-corrected chi connectivity index (χ0v) is 15.6. The average molecular weight is 349 g/mol. The van der Waals surface area contributed by atoms with Crippen LogP contribution in [0.5, 0.6) is 5.75 Å². The quantitative estimate of drug-likeness (QED) is 0.735. The molecule has 1 aromatic rings. The smallest absolute Gasteiger partial charge is 0.414 e. The summed E-state index contributed by atoms with van der Waals surface area (Å²) in [4.78, 5) is 25.4. The Bertz CT molecular complexity index is 631. The van der Waals surface area contributed by atoms with Gasteiger partial charge in [-0.3, -0.25) is 9.69 Å². The van der Waals surface area contributed by atoms with E-state index < -0.39 is 11.7 Å². The standard InChI is InChI=1S/C19H27NO5/c1-19(2,3)25-18(22)20(4)15-10-14(11-17(21)23-5)8-9-16(15)24-12-13-6-7-13/h8-10,13H,6-7,11-12H2,1-5H3. The lowest BCUT2D eigenvalue weighted by molar-refractivity contribution is -0.139. The van der Waals surface area contributed by atoms with Gasteiger partial charge in [-0.2, -0.15) is 0 Å². The fraction of sp³-hybridized carbons (Fsp3) is 0.579. The Morgan fingerprint density at radius 3 is 2.48 bits per heavy atom. The van der Waals surface area contributed by atoms with Crippen LogP contribution in [0.2, 0.25) is 0 Å². The van der Waals surface area contributed by atoms with Crippen LogP contribution in [0.1, 0.15) is 39.2 Å². The van der Waals surface area contributed by atoms with Gasteiger partial charge in [-0.05, 0) is 57.2 Å². The van der Waals surface area contributed by atoms with Crippen LogP contribution in [0.15, 0.2) is 18.2 Å². The van der Waals surface area contributed by atoms with Gasteiger partial charge in [0.1, 0.15) is 11.4 Å². The number of esters is 1. The van der Waals surface area contributed by atoms with Crippen LogP contribution < -0.4 is 9.64 Å². The number of hydrogen-bond acceptors (Lipinski definition) is 5. The summed E-state index contributed by atoms with van der Waals surface area (Å²) in [5, 5.41) is 0. The zero-order valence-electron chi connectivity index (χ0n) is 15.6. The Morgan fingerprint density at radius 1 is 1.24 bits per heavy atom. The first-order valence-corrected chi connectivity index (χ1v) is 8.49. The Hall–Kier alpha value is -2.24. The molecule has 0 aliphatic heterocycles. The highest BCUT2D eigenvalue weighted by Gasteiger charge is 2.25. The molecule has 1 aromatic carbocycles. The minimum atomic E-state index is -0.593. The molecule has 0 unspecified atom stereocenters. The summed E-state index contributed by atoms with van der Waals surface area (Å²) in [5.41, 5.74) is 0.733. The second-order valence-corrected chi connectivity index (χ2v) is 7.35. The van der Waals surface area contributed by atoms with E-state index in [0.717, 1.165) is 5.56 Å². The van der Waals surface area contributed by atoms with Crippen molar-refractivity contribution in [2.24, 2.45) is 5.92 Å². The Morgan fingerprint density at radius 2 is 1.92 bits per heavy atom. The van der Waals surface area contributed by atoms with Crippen molar-refractivity contribution in [3.63, 3.8) is 0 Å². The van der Waals surface area contributed by atoms with Crippen LogP contribution in [-0.2, 0) is 20.7 Å². The molecule has 0 bridgehead atoms. The first-order valence-electron chi connectivity index (χ1n) is 8.49. The third-order valence-corrected chi connectivity index (χ3v) is 3.80. The van der Waals surface area contributed by atoms with E-state index in [-0.39, 0.29) is 12.4 Å². The number of benzene rings is 1. The van der Waals surface area contributed by atoms with Crippen molar-refractivity contribution in [2.45, 2.75) is 45.6 Å². The predicted octanol–water partition coefficient (Wildman–Crippen LogP) is 3.56. The van der Waals surface area contributed by atoms with E-state index in [1.165, 1.54) is 24.9 Å². The molecule has 6 heteroatoms. The van der Waals surface area contributed by atoms with E-state index in [0.29, 0.717) is 24.0 Å². The highest BCUT2D eigenvalue weighted by molar-refractivity contribution is 5.89. The number of rotatable bonds is 6. The van der Waals surface area contributed by atoms with Crippen molar-refractivity contribution in [3.8, 4) is 5.75 Å². The van der Waals surface area contributed by atoms with Gasteiger partial charge in [0.15, 0.2) is 0 Å². The summed E-state index contributed by atoms with van der Waals surface area (Å²) in [6.45, 7) is 6.08. The van der Waals surface area contributed by atoms with Crippen molar-refractivity contribution >= 4 is 17.7 Å². The average Bonchev–Trinajstić information content (AvgIpc) is 3.35. The van der Waals surface area contributed by atoms with Gasteiger partial charge >= 0.3 is 12.1 Å². The predicted molar refractivity (Wildman–Crippen MR) is 95.0 cm³/mol. The maximum Gasteiger partial charge on any atom is 0.414 e. The minimum absolute atomic E-state index is 0.133. The minimum Gasteiger partial charge on any atom is -0.491 e. The number of carbonyl (C=O) groups excluding carboxylic acids is 2. The first-order chi connectivity index (χ1) is 11.7. The number of carbonyl (C=O) groups is 2. The maximum absolute atomic E-state index is 12.4. The molecule has 6 nitrogen and oxygen atoms in total. The number of hydrogen-bond donors (Lipinski definition) is 0. The van der Waals surface area contributed by atoms with E-state index >= 15 is 0 Å². The van der Waals surface area contributed by atoms with Gasteiger partial charge in [-0.25, -0.2) is 4.79 Å². The fourth-order valence-corrected chi connectivity index (χ4v) is 2.22. The molecule has 0 aromatic heterocycles. The van der Waals surface area contributed by atoms with Gasteiger partial charge < -0.3 is 14.2 Å². The number of anilines is 1. The van der Waals surface area contributed by atoms with Crippen molar-refractivity contribution < 1.29 is 23.8 Å². The number of amides is 1. The first kappa shape index (κ1) is 19.1. The fourth-order valence-electron chi connectivity index (χ4n) is 2.22. The number of nitrogens with zero attached hydrogens (tertiary/aromatic N) is 1. The third kappa shape index (κ3) is 5.96. The zero-order chi connectivity index (χ0) is 18.6. The molecule has 1 fully saturated rings. The van der Waals surface area contributed by atoms with Gasteiger partial charge in [-0.1, -0.05) is 6.07 Å². The van der Waals surface area contributed by atoms with Crippen LogP contribution in [-0.4, -0.2) is 38.4 Å². The highest BCUT2D eigenvalue weighted by Crippen LogP contribution is 2.34. The molecule has 1 amide bonds. The Balaban J connectivity index is 2.23. The van der Waals surface area contributed by atoms with Crippen LogP contribution in [0.4, 0.5) is 10.5 Å². The molecule has 0 heterocycles. The maximum atomic E-state index is 12.4. The van der Waals surface area contributed by atoms with Crippen LogP contribution in [0.25, 0.3) is 0 Å². The SMILES string of the molecule is COC(=O)Cc1ccc(OCC2CC2)c(N(C)C(=O)OC(C)(C)C)c1. The lowest BCUT2D eigenvalue weighted by Gasteiger charge is -2.26. The normalized spacial score (nSPS) is 14.0. The summed E-state index contributed by atoms with van der Waals surface area (Å²) in [6.07, 6.45) is 2.02. The molecule has 138 valence electrons. The molecule has 0 saturated heterocycles. The van der Waals surface area contributed by atoms with E-state index in [9.17, 15) is 9.59 Å².